The molecule has 382 valence electrons. The summed E-state index contributed by atoms with van der Waals surface area (Å²) in [6.07, 6.45) is 67.8. The van der Waals surface area contributed by atoms with Gasteiger partial charge in [0.1, 0.15) is 13.2 Å². The summed E-state index contributed by atoms with van der Waals surface area (Å²) in [5, 5.41) is 0. The van der Waals surface area contributed by atoms with Crippen LogP contribution in [0.2, 0.25) is 0 Å². The second-order valence-electron chi connectivity index (χ2n) is 18.9. The number of hydrogen-bond donors (Lipinski definition) is 0. The molecule has 0 aromatic rings. The molecule has 0 aromatic heterocycles. The molecule has 0 fully saturated rings. The smallest absolute Gasteiger partial charge is 0.306 e. The molecule has 1 unspecified atom stereocenters. The molecule has 0 saturated carbocycles. The van der Waals surface area contributed by atoms with Crippen molar-refractivity contribution in [2.24, 2.45) is 0 Å². The molecule has 0 N–H and O–H groups in total. The van der Waals surface area contributed by atoms with Crippen molar-refractivity contribution in [2.45, 2.75) is 290 Å². The van der Waals surface area contributed by atoms with Gasteiger partial charge >= 0.3 is 17.9 Å². The van der Waals surface area contributed by atoms with Crippen LogP contribution in [0.1, 0.15) is 284 Å². The Morgan fingerprint density at radius 1 is 0.318 bits per heavy atom. The number of allylic oxidation sites excluding steroid dienone is 10. The molecule has 0 heterocycles. The number of hydrogen-bond acceptors (Lipinski definition) is 6. The van der Waals surface area contributed by atoms with Gasteiger partial charge in [-0.1, -0.05) is 261 Å². The van der Waals surface area contributed by atoms with Gasteiger partial charge in [-0.25, -0.2) is 0 Å². The lowest BCUT2D eigenvalue weighted by Gasteiger charge is -2.18. The first kappa shape index (κ1) is 63.1. The number of ether oxygens (including phenoxy) is 3. The van der Waals surface area contributed by atoms with Crippen molar-refractivity contribution in [1.82, 2.24) is 0 Å². The van der Waals surface area contributed by atoms with E-state index in [1.54, 1.807) is 0 Å². The van der Waals surface area contributed by atoms with Gasteiger partial charge in [-0.2, -0.15) is 0 Å². The van der Waals surface area contributed by atoms with Gasteiger partial charge in [0.2, 0.25) is 0 Å². The van der Waals surface area contributed by atoms with Crippen LogP contribution in [-0.2, 0) is 28.6 Å². The standard InChI is InChI=1S/C60H106O6/c1-4-7-10-13-16-19-22-25-28-29-30-31-33-35-38-41-44-47-50-53-59(62)65-56-57(55-64-58(61)52-49-46-43-40-37-34-27-24-21-18-15-12-9-6-3)66-60(63)54-51-48-45-42-39-36-32-26-23-20-17-14-11-8-5-2/h8,11,14,17,20,23,26,29-30,32,57H,4-7,9-10,12-13,15-16,18-19,21-22,24-25,27-28,31,33-56H2,1-3H3/b11-8-,17-14-,23-20-,30-29-,32-26-. The third kappa shape index (κ3) is 52.1. The van der Waals surface area contributed by atoms with Crippen molar-refractivity contribution in [3.8, 4) is 0 Å². The molecule has 66 heavy (non-hydrogen) atoms. The van der Waals surface area contributed by atoms with Crippen molar-refractivity contribution >= 4 is 17.9 Å². The van der Waals surface area contributed by atoms with Gasteiger partial charge in [0.25, 0.3) is 0 Å². The Labute approximate surface area is 409 Å². The molecule has 0 bridgehead atoms. The maximum atomic E-state index is 12.8. The second-order valence-corrected chi connectivity index (χ2v) is 18.9. The first-order valence-corrected chi connectivity index (χ1v) is 28.3. The summed E-state index contributed by atoms with van der Waals surface area (Å²) >= 11 is 0. The molecular weight excluding hydrogens is 817 g/mol. The van der Waals surface area contributed by atoms with Crippen molar-refractivity contribution in [3.05, 3.63) is 60.8 Å². The van der Waals surface area contributed by atoms with E-state index in [1.165, 1.54) is 161 Å². The Balaban J connectivity index is 4.38. The van der Waals surface area contributed by atoms with Crippen LogP contribution in [-0.4, -0.2) is 37.2 Å². The van der Waals surface area contributed by atoms with Crippen LogP contribution in [0.4, 0.5) is 0 Å². The lowest BCUT2D eigenvalue weighted by molar-refractivity contribution is -0.167. The van der Waals surface area contributed by atoms with Crippen LogP contribution in [0, 0.1) is 0 Å². The van der Waals surface area contributed by atoms with Gasteiger partial charge in [0.15, 0.2) is 6.10 Å². The van der Waals surface area contributed by atoms with E-state index in [0.717, 1.165) is 83.5 Å². The minimum absolute atomic E-state index is 0.0829. The van der Waals surface area contributed by atoms with Crippen LogP contribution < -0.4 is 0 Å². The van der Waals surface area contributed by atoms with Crippen LogP contribution in [0.25, 0.3) is 0 Å². The lowest BCUT2D eigenvalue weighted by Crippen LogP contribution is -2.30. The maximum absolute atomic E-state index is 12.8. The topological polar surface area (TPSA) is 78.9 Å². The summed E-state index contributed by atoms with van der Waals surface area (Å²) in [4.78, 5) is 38.1. The van der Waals surface area contributed by atoms with E-state index in [0.29, 0.717) is 19.3 Å². The Hall–Kier alpha value is -2.89. The van der Waals surface area contributed by atoms with Crippen molar-refractivity contribution in [1.29, 1.82) is 0 Å². The van der Waals surface area contributed by atoms with Gasteiger partial charge < -0.3 is 14.2 Å². The molecule has 0 aliphatic carbocycles. The van der Waals surface area contributed by atoms with E-state index in [2.05, 4.69) is 63.3 Å². The molecule has 0 aliphatic heterocycles. The van der Waals surface area contributed by atoms with Crippen LogP contribution in [0.3, 0.4) is 0 Å². The summed E-state index contributed by atoms with van der Waals surface area (Å²) in [6.45, 7) is 6.50. The summed E-state index contributed by atoms with van der Waals surface area (Å²) < 4.78 is 16.8. The predicted octanol–water partition coefficient (Wildman–Crippen LogP) is 18.8. The molecular formula is C60H106O6. The van der Waals surface area contributed by atoms with Gasteiger partial charge in [-0.05, 0) is 64.2 Å². The summed E-state index contributed by atoms with van der Waals surface area (Å²) in [5.41, 5.74) is 0. The fourth-order valence-corrected chi connectivity index (χ4v) is 8.10. The predicted molar refractivity (Wildman–Crippen MR) is 284 cm³/mol. The molecule has 0 saturated heterocycles. The number of carbonyl (C=O) groups excluding carboxylic acids is 3. The first-order chi connectivity index (χ1) is 32.5. The average Bonchev–Trinajstić information content (AvgIpc) is 3.31. The highest BCUT2D eigenvalue weighted by molar-refractivity contribution is 5.71. The Morgan fingerprint density at radius 2 is 0.606 bits per heavy atom. The zero-order chi connectivity index (χ0) is 47.9. The van der Waals surface area contributed by atoms with Crippen molar-refractivity contribution < 1.29 is 28.6 Å². The molecule has 0 amide bonds. The molecule has 0 aromatic carbocycles. The summed E-state index contributed by atoms with van der Waals surface area (Å²) in [5.74, 6) is -0.900. The van der Waals surface area contributed by atoms with Gasteiger partial charge in [-0.15, -0.1) is 0 Å². The SMILES string of the molecule is CC\C=C/C=C\C=C/C=C\CCCCCCCC(=O)OC(COC(=O)CCCCCCCCC/C=C\CCCCCCCCCC)COC(=O)CCCCCCCCCCCCCCCC. The highest BCUT2D eigenvalue weighted by Gasteiger charge is 2.19. The fourth-order valence-electron chi connectivity index (χ4n) is 8.10. The number of unbranched alkanes of at least 4 members (excludes halogenated alkanes) is 33. The van der Waals surface area contributed by atoms with Crippen LogP contribution in [0.15, 0.2) is 60.8 Å². The van der Waals surface area contributed by atoms with E-state index < -0.39 is 6.10 Å². The van der Waals surface area contributed by atoms with Gasteiger partial charge in [0.05, 0.1) is 0 Å². The number of esters is 3. The quantitative estimate of drug-likeness (QED) is 0.0199. The molecule has 1 atom stereocenters. The number of rotatable bonds is 51. The van der Waals surface area contributed by atoms with E-state index in [9.17, 15) is 14.4 Å². The van der Waals surface area contributed by atoms with E-state index in [4.69, 9.17) is 14.2 Å². The van der Waals surface area contributed by atoms with E-state index in [1.807, 2.05) is 18.2 Å². The third-order valence-corrected chi connectivity index (χ3v) is 12.4. The fraction of sp³-hybridized carbons (Fsp3) is 0.783. The number of carbonyl (C=O) groups is 3. The Bertz CT molecular complexity index is 1200. The maximum Gasteiger partial charge on any atom is 0.306 e. The molecule has 0 radical (unpaired) electrons. The summed E-state index contributed by atoms with van der Waals surface area (Å²) in [6, 6.07) is 0. The molecule has 0 spiro atoms. The average molecular weight is 924 g/mol. The minimum atomic E-state index is -0.786. The molecule has 0 aliphatic rings. The van der Waals surface area contributed by atoms with Crippen molar-refractivity contribution in [2.75, 3.05) is 13.2 Å². The zero-order valence-corrected chi connectivity index (χ0v) is 43.7. The van der Waals surface area contributed by atoms with Crippen LogP contribution in [0.5, 0.6) is 0 Å². The Kier molecular flexibility index (Phi) is 52.3. The normalized spacial score (nSPS) is 12.5. The minimum Gasteiger partial charge on any atom is -0.462 e. The van der Waals surface area contributed by atoms with Gasteiger partial charge in [-0.3, -0.25) is 14.4 Å². The molecule has 6 heteroatoms. The van der Waals surface area contributed by atoms with E-state index in [-0.39, 0.29) is 31.1 Å². The van der Waals surface area contributed by atoms with Crippen molar-refractivity contribution in [3.63, 3.8) is 0 Å². The lowest BCUT2D eigenvalue weighted by atomic mass is 10.0. The monoisotopic (exact) mass is 923 g/mol. The molecule has 0 rings (SSSR count). The zero-order valence-electron chi connectivity index (χ0n) is 43.7. The van der Waals surface area contributed by atoms with Crippen LogP contribution >= 0.6 is 0 Å². The third-order valence-electron chi connectivity index (χ3n) is 12.4. The Morgan fingerprint density at radius 3 is 0.970 bits per heavy atom. The van der Waals surface area contributed by atoms with Gasteiger partial charge in [0, 0.05) is 19.3 Å². The largest absolute Gasteiger partial charge is 0.462 e. The summed E-state index contributed by atoms with van der Waals surface area (Å²) in [7, 11) is 0. The molecule has 6 nitrogen and oxygen atoms in total. The highest BCUT2D eigenvalue weighted by atomic mass is 16.6. The highest BCUT2D eigenvalue weighted by Crippen LogP contribution is 2.16. The second kappa shape index (κ2) is 54.7. The van der Waals surface area contributed by atoms with E-state index >= 15 is 0 Å². The first-order valence-electron chi connectivity index (χ1n) is 28.3.